The number of thiophene rings is 1. The second-order valence-corrected chi connectivity index (χ2v) is 3.84. The van der Waals surface area contributed by atoms with E-state index in [2.05, 4.69) is 0 Å². The average Bonchev–Trinajstić information content (AvgIpc) is 2.53. The standard InChI is InChI=1S/C9H14O2S/c10-5-1-3-8(11)7-9-4-2-6-12-9/h2,4,6,8,10-11H,1,3,5,7H2. The summed E-state index contributed by atoms with van der Waals surface area (Å²) < 4.78 is 0. The highest BCUT2D eigenvalue weighted by Crippen LogP contribution is 2.12. The van der Waals surface area contributed by atoms with Gasteiger partial charge in [0.05, 0.1) is 6.10 Å². The van der Waals surface area contributed by atoms with Crippen molar-refractivity contribution in [3.8, 4) is 0 Å². The number of rotatable bonds is 5. The normalized spacial score (nSPS) is 13.2. The van der Waals surface area contributed by atoms with Crippen LogP contribution in [0.4, 0.5) is 0 Å². The molecule has 1 aromatic rings. The lowest BCUT2D eigenvalue weighted by Crippen LogP contribution is -2.09. The highest BCUT2D eigenvalue weighted by molar-refractivity contribution is 7.09. The Bertz CT molecular complexity index is 196. The van der Waals surface area contributed by atoms with Gasteiger partial charge in [-0.25, -0.2) is 0 Å². The van der Waals surface area contributed by atoms with E-state index < -0.39 is 0 Å². The zero-order valence-corrected chi connectivity index (χ0v) is 7.76. The predicted octanol–water partition coefficient (Wildman–Crippen LogP) is 1.42. The van der Waals surface area contributed by atoms with Crippen LogP contribution in [-0.4, -0.2) is 22.9 Å². The van der Waals surface area contributed by atoms with Gasteiger partial charge in [-0.3, -0.25) is 0 Å². The molecule has 1 aromatic heterocycles. The highest BCUT2D eigenvalue weighted by atomic mass is 32.1. The van der Waals surface area contributed by atoms with Gasteiger partial charge in [-0.1, -0.05) is 6.07 Å². The van der Waals surface area contributed by atoms with Crippen LogP contribution in [0.1, 0.15) is 17.7 Å². The fraction of sp³-hybridized carbons (Fsp3) is 0.556. The number of hydrogen-bond acceptors (Lipinski definition) is 3. The van der Waals surface area contributed by atoms with Crippen LogP contribution in [0.15, 0.2) is 17.5 Å². The Morgan fingerprint density at radius 2 is 2.33 bits per heavy atom. The Morgan fingerprint density at radius 1 is 1.50 bits per heavy atom. The Balaban J connectivity index is 2.22. The van der Waals surface area contributed by atoms with Crippen molar-refractivity contribution in [2.75, 3.05) is 6.61 Å². The number of aliphatic hydroxyl groups excluding tert-OH is 2. The van der Waals surface area contributed by atoms with E-state index in [9.17, 15) is 5.11 Å². The molecule has 0 aromatic carbocycles. The summed E-state index contributed by atoms with van der Waals surface area (Å²) in [7, 11) is 0. The van der Waals surface area contributed by atoms with Gasteiger partial charge in [-0.15, -0.1) is 11.3 Å². The molecule has 2 nitrogen and oxygen atoms in total. The second-order valence-electron chi connectivity index (χ2n) is 2.80. The molecule has 0 aliphatic carbocycles. The van der Waals surface area contributed by atoms with Crippen molar-refractivity contribution in [3.05, 3.63) is 22.4 Å². The molecule has 3 heteroatoms. The first-order valence-electron chi connectivity index (χ1n) is 4.14. The van der Waals surface area contributed by atoms with Gasteiger partial charge in [0.2, 0.25) is 0 Å². The summed E-state index contributed by atoms with van der Waals surface area (Å²) in [5.74, 6) is 0. The van der Waals surface area contributed by atoms with Gasteiger partial charge in [-0.2, -0.15) is 0 Å². The molecule has 12 heavy (non-hydrogen) atoms. The predicted molar refractivity (Wildman–Crippen MR) is 50.3 cm³/mol. The number of aliphatic hydroxyl groups is 2. The van der Waals surface area contributed by atoms with Crippen LogP contribution >= 0.6 is 11.3 Å². The lowest BCUT2D eigenvalue weighted by atomic mass is 10.1. The Morgan fingerprint density at radius 3 is 2.92 bits per heavy atom. The van der Waals surface area contributed by atoms with Crippen molar-refractivity contribution in [2.24, 2.45) is 0 Å². The highest BCUT2D eigenvalue weighted by Gasteiger charge is 2.04. The van der Waals surface area contributed by atoms with Crippen LogP contribution in [0.2, 0.25) is 0 Å². The van der Waals surface area contributed by atoms with Crippen LogP contribution < -0.4 is 0 Å². The monoisotopic (exact) mass is 186 g/mol. The first-order chi connectivity index (χ1) is 5.83. The summed E-state index contributed by atoms with van der Waals surface area (Å²) in [6, 6.07) is 4.01. The Labute approximate surface area is 76.5 Å². The molecular formula is C9H14O2S. The summed E-state index contributed by atoms with van der Waals surface area (Å²) >= 11 is 1.66. The molecule has 1 unspecified atom stereocenters. The molecule has 68 valence electrons. The van der Waals surface area contributed by atoms with Crippen molar-refractivity contribution in [1.82, 2.24) is 0 Å². The molecule has 0 amide bonds. The summed E-state index contributed by atoms with van der Waals surface area (Å²) in [5, 5.41) is 20.0. The molecule has 1 heterocycles. The van der Waals surface area contributed by atoms with E-state index in [-0.39, 0.29) is 12.7 Å². The van der Waals surface area contributed by atoms with E-state index in [4.69, 9.17) is 5.11 Å². The molecular weight excluding hydrogens is 172 g/mol. The van der Waals surface area contributed by atoms with Crippen LogP contribution in [0.5, 0.6) is 0 Å². The summed E-state index contributed by atoms with van der Waals surface area (Å²) in [5.41, 5.74) is 0. The van der Waals surface area contributed by atoms with Crippen LogP contribution in [0, 0.1) is 0 Å². The molecule has 1 rings (SSSR count). The molecule has 0 spiro atoms. The minimum Gasteiger partial charge on any atom is -0.396 e. The van der Waals surface area contributed by atoms with Gasteiger partial charge in [0.15, 0.2) is 0 Å². The van der Waals surface area contributed by atoms with Crippen molar-refractivity contribution < 1.29 is 10.2 Å². The molecule has 0 bridgehead atoms. The summed E-state index contributed by atoms with van der Waals surface area (Å²) in [6.45, 7) is 0.168. The summed E-state index contributed by atoms with van der Waals surface area (Å²) in [4.78, 5) is 1.21. The Kier molecular flexibility index (Phi) is 4.29. The van der Waals surface area contributed by atoms with Gasteiger partial charge in [0.25, 0.3) is 0 Å². The van der Waals surface area contributed by atoms with E-state index in [1.54, 1.807) is 11.3 Å². The maximum absolute atomic E-state index is 9.45. The van der Waals surface area contributed by atoms with Gasteiger partial charge >= 0.3 is 0 Å². The quantitative estimate of drug-likeness (QED) is 0.730. The molecule has 0 aliphatic rings. The van der Waals surface area contributed by atoms with Crippen molar-refractivity contribution in [1.29, 1.82) is 0 Å². The minimum absolute atomic E-state index is 0.168. The maximum Gasteiger partial charge on any atom is 0.0589 e. The fourth-order valence-electron chi connectivity index (χ4n) is 1.09. The lowest BCUT2D eigenvalue weighted by Gasteiger charge is -2.06. The molecule has 0 aliphatic heterocycles. The zero-order chi connectivity index (χ0) is 8.81. The SMILES string of the molecule is OCCCC(O)Cc1cccs1. The third-order valence-electron chi connectivity index (χ3n) is 1.71. The molecule has 0 fully saturated rings. The van der Waals surface area contributed by atoms with Crippen LogP contribution in [-0.2, 0) is 6.42 Å². The number of hydrogen-bond donors (Lipinski definition) is 2. The van der Waals surface area contributed by atoms with Crippen molar-refractivity contribution in [3.63, 3.8) is 0 Å². The first kappa shape index (κ1) is 9.71. The molecule has 2 N–H and O–H groups in total. The van der Waals surface area contributed by atoms with Gasteiger partial charge in [0, 0.05) is 17.9 Å². The minimum atomic E-state index is -0.296. The fourth-order valence-corrected chi connectivity index (χ4v) is 1.87. The van der Waals surface area contributed by atoms with Gasteiger partial charge < -0.3 is 10.2 Å². The van der Waals surface area contributed by atoms with Crippen molar-refractivity contribution >= 4 is 11.3 Å². The molecule has 0 saturated carbocycles. The average molecular weight is 186 g/mol. The van der Waals surface area contributed by atoms with Gasteiger partial charge in [0.1, 0.15) is 0 Å². The molecule has 0 radical (unpaired) electrons. The van der Waals surface area contributed by atoms with Crippen LogP contribution in [0.3, 0.4) is 0 Å². The lowest BCUT2D eigenvalue weighted by molar-refractivity contribution is 0.150. The Hall–Kier alpha value is -0.380. The molecule has 1 atom stereocenters. The smallest absolute Gasteiger partial charge is 0.0589 e. The maximum atomic E-state index is 9.45. The van der Waals surface area contributed by atoms with E-state index in [0.717, 1.165) is 6.42 Å². The molecule has 0 saturated heterocycles. The van der Waals surface area contributed by atoms with E-state index in [1.165, 1.54) is 4.88 Å². The largest absolute Gasteiger partial charge is 0.396 e. The first-order valence-corrected chi connectivity index (χ1v) is 5.02. The van der Waals surface area contributed by atoms with E-state index in [1.807, 2.05) is 17.5 Å². The zero-order valence-electron chi connectivity index (χ0n) is 6.94. The topological polar surface area (TPSA) is 40.5 Å². The van der Waals surface area contributed by atoms with Gasteiger partial charge in [-0.05, 0) is 24.3 Å². The second kappa shape index (κ2) is 5.30. The van der Waals surface area contributed by atoms with Crippen LogP contribution in [0.25, 0.3) is 0 Å². The van der Waals surface area contributed by atoms with E-state index in [0.29, 0.717) is 12.8 Å². The van der Waals surface area contributed by atoms with E-state index >= 15 is 0 Å². The van der Waals surface area contributed by atoms with Crippen molar-refractivity contribution in [2.45, 2.75) is 25.4 Å². The third kappa shape index (κ3) is 3.34. The summed E-state index contributed by atoms with van der Waals surface area (Å²) in [6.07, 6.45) is 1.80. The third-order valence-corrected chi connectivity index (χ3v) is 2.61.